The molecular formula is C16H20N2O4. The van der Waals surface area contributed by atoms with Crippen LogP contribution in [0, 0.1) is 34.1 Å². The molecule has 0 amide bonds. The Bertz CT molecular complexity index is 572. The van der Waals surface area contributed by atoms with Gasteiger partial charge in [0, 0.05) is 24.3 Å². The Balaban J connectivity index is 0.000000360. The monoisotopic (exact) mass is 304 g/mol. The molecule has 118 valence electrons. The number of nitrogens with zero attached hydrogens (tertiary/aromatic N) is 2. The van der Waals surface area contributed by atoms with Crippen molar-refractivity contribution in [3.63, 3.8) is 0 Å². The molecule has 6 heteroatoms. The molecule has 6 nitrogen and oxygen atoms in total. The van der Waals surface area contributed by atoms with Crippen molar-refractivity contribution in [1.82, 2.24) is 0 Å². The molecule has 0 aliphatic rings. The van der Waals surface area contributed by atoms with Crippen LogP contribution in [0.1, 0.15) is 25.0 Å². The maximum atomic E-state index is 10.2. The highest BCUT2D eigenvalue weighted by molar-refractivity contribution is 5.33. The van der Waals surface area contributed by atoms with Gasteiger partial charge in [0.2, 0.25) is 0 Å². The second kappa shape index (κ2) is 10.0. The highest BCUT2D eigenvalue weighted by atomic mass is 16.6. The summed E-state index contributed by atoms with van der Waals surface area (Å²) in [6, 6.07) is 13.0. The van der Waals surface area contributed by atoms with Crippen LogP contribution in [0.3, 0.4) is 0 Å². The summed E-state index contributed by atoms with van der Waals surface area (Å²) in [5.74, 6) is 0. The van der Waals surface area contributed by atoms with Crippen molar-refractivity contribution in [3.05, 3.63) is 79.9 Å². The van der Waals surface area contributed by atoms with Gasteiger partial charge in [-0.2, -0.15) is 0 Å². The third-order valence-electron chi connectivity index (χ3n) is 2.42. The minimum atomic E-state index is -0.396. The van der Waals surface area contributed by atoms with E-state index < -0.39 is 9.85 Å². The standard InChI is InChI=1S/2C7H7NO2.C2H6/c2*1-6-3-2-4-7(5-6)8(9)10;1-2/h2*2-5H,1H3;1-2H3. The smallest absolute Gasteiger partial charge is 0.258 e. The first-order valence-electron chi connectivity index (χ1n) is 6.82. The first-order chi connectivity index (χ1) is 10.4. The fourth-order valence-electron chi connectivity index (χ4n) is 1.48. The van der Waals surface area contributed by atoms with Gasteiger partial charge in [-0.15, -0.1) is 0 Å². The molecule has 22 heavy (non-hydrogen) atoms. The SMILES string of the molecule is CC.Cc1cccc([N+](=O)[O-])c1.Cc1cccc([N+](=O)[O-])c1. The Morgan fingerprint density at radius 3 is 1.23 bits per heavy atom. The summed E-state index contributed by atoms with van der Waals surface area (Å²) in [6.07, 6.45) is 0. The molecule has 0 saturated heterocycles. The zero-order valence-corrected chi connectivity index (χ0v) is 13.1. The largest absolute Gasteiger partial charge is 0.269 e. The maximum Gasteiger partial charge on any atom is 0.269 e. The zero-order valence-electron chi connectivity index (χ0n) is 13.1. The van der Waals surface area contributed by atoms with Gasteiger partial charge in [0.05, 0.1) is 9.85 Å². The average Bonchev–Trinajstić information content (AvgIpc) is 2.50. The predicted octanol–water partition coefficient (Wildman–Crippen LogP) is 4.83. The molecule has 0 radical (unpaired) electrons. The maximum absolute atomic E-state index is 10.2. The third kappa shape index (κ3) is 7.14. The fourth-order valence-corrected chi connectivity index (χ4v) is 1.48. The van der Waals surface area contributed by atoms with Crippen LogP contribution in [-0.4, -0.2) is 9.85 Å². The second-order valence-corrected chi connectivity index (χ2v) is 4.19. The van der Waals surface area contributed by atoms with Crippen LogP contribution in [0.25, 0.3) is 0 Å². The number of benzene rings is 2. The van der Waals surface area contributed by atoms with Crippen molar-refractivity contribution in [2.75, 3.05) is 0 Å². The van der Waals surface area contributed by atoms with Gasteiger partial charge in [-0.1, -0.05) is 38.1 Å². The van der Waals surface area contributed by atoms with Crippen LogP contribution in [0.2, 0.25) is 0 Å². The lowest BCUT2D eigenvalue weighted by Gasteiger charge is -1.90. The second-order valence-electron chi connectivity index (χ2n) is 4.19. The van der Waals surface area contributed by atoms with Gasteiger partial charge in [0.1, 0.15) is 0 Å². The Morgan fingerprint density at radius 1 is 0.727 bits per heavy atom. The van der Waals surface area contributed by atoms with Crippen molar-refractivity contribution in [2.45, 2.75) is 27.7 Å². The van der Waals surface area contributed by atoms with Crippen molar-refractivity contribution in [2.24, 2.45) is 0 Å². The zero-order chi connectivity index (χ0) is 17.1. The average molecular weight is 304 g/mol. The topological polar surface area (TPSA) is 86.3 Å². The van der Waals surface area contributed by atoms with Crippen molar-refractivity contribution in [3.8, 4) is 0 Å². The summed E-state index contributed by atoms with van der Waals surface area (Å²) >= 11 is 0. The number of hydrogen-bond acceptors (Lipinski definition) is 4. The van der Waals surface area contributed by atoms with E-state index in [1.165, 1.54) is 12.1 Å². The molecule has 0 unspecified atom stereocenters. The number of nitro benzene ring substituents is 2. The summed E-state index contributed by atoms with van der Waals surface area (Å²) in [5, 5.41) is 20.3. The lowest BCUT2D eigenvalue weighted by atomic mass is 10.2. The molecule has 0 saturated carbocycles. The molecule has 2 aromatic rings. The quantitative estimate of drug-likeness (QED) is 0.587. The summed E-state index contributed by atoms with van der Waals surface area (Å²) < 4.78 is 0. The van der Waals surface area contributed by atoms with Gasteiger partial charge < -0.3 is 0 Å². The molecule has 0 heterocycles. The van der Waals surface area contributed by atoms with Crippen LogP contribution in [0.4, 0.5) is 11.4 Å². The van der Waals surface area contributed by atoms with E-state index in [0.29, 0.717) is 0 Å². The highest BCUT2D eigenvalue weighted by Crippen LogP contribution is 2.12. The summed E-state index contributed by atoms with van der Waals surface area (Å²) in [5.41, 5.74) is 2.13. The molecule has 0 fully saturated rings. The minimum Gasteiger partial charge on any atom is -0.258 e. The van der Waals surface area contributed by atoms with Crippen molar-refractivity contribution >= 4 is 11.4 Å². The van der Waals surface area contributed by atoms with Crippen LogP contribution in [0.15, 0.2) is 48.5 Å². The van der Waals surface area contributed by atoms with Gasteiger partial charge >= 0.3 is 0 Å². The Kier molecular flexibility index (Phi) is 8.78. The molecule has 0 spiro atoms. The lowest BCUT2D eigenvalue weighted by molar-refractivity contribution is -0.385. The normalized spacial score (nSPS) is 8.73. The predicted molar refractivity (Wildman–Crippen MR) is 87.0 cm³/mol. The van der Waals surface area contributed by atoms with E-state index in [2.05, 4.69) is 0 Å². The molecule has 2 rings (SSSR count). The van der Waals surface area contributed by atoms with E-state index in [0.717, 1.165) is 11.1 Å². The van der Waals surface area contributed by atoms with Gasteiger partial charge in [0.25, 0.3) is 11.4 Å². The van der Waals surface area contributed by atoms with Gasteiger partial charge in [0.15, 0.2) is 0 Å². The van der Waals surface area contributed by atoms with Gasteiger partial charge in [-0.05, 0) is 25.0 Å². The van der Waals surface area contributed by atoms with Gasteiger partial charge in [-0.25, -0.2) is 0 Å². The third-order valence-corrected chi connectivity index (χ3v) is 2.42. The highest BCUT2D eigenvalue weighted by Gasteiger charge is 2.02. The van der Waals surface area contributed by atoms with Crippen molar-refractivity contribution < 1.29 is 9.85 Å². The molecule has 0 aromatic heterocycles. The number of aryl methyl sites for hydroxylation is 2. The molecule has 0 bridgehead atoms. The van der Waals surface area contributed by atoms with Crippen LogP contribution < -0.4 is 0 Å². The van der Waals surface area contributed by atoms with Crippen molar-refractivity contribution in [1.29, 1.82) is 0 Å². The van der Waals surface area contributed by atoms with E-state index in [4.69, 9.17) is 0 Å². The Morgan fingerprint density at radius 2 is 1.05 bits per heavy atom. The first-order valence-corrected chi connectivity index (χ1v) is 6.82. The number of nitro groups is 2. The lowest BCUT2D eigenvalue weighted by Crippen LogP contribution is -1.86. The van der Waals surface area contributed by atoms with E-state index in [1.54, 1.807) is 24.3 Å². The summed E-state index contributed by atoms with van der Waals surface area (Å²) in [4.78, 5) is 19.5. The van der Waals surface area contributed by atoms with E-state index in [9.17, 15) is 20.2 Å². The molecule has 0 atom stereocenters. The van der Waals surface area contributed by atoms with Crippen LogP contribution in [0.5, 0.6) is 0 Å². The van der Waals surface area contributed by atoms with E-state index in [-0.39, 0.29) is 11.4 Å². The summed E-state index contributed by atoms with van der Waals surface area (Å²) in [7, 11) is 0. The number of hydrogen-bond donors (Lipinski definition) is 0. The van der Waals surface area contributed by atoms with E-state index >= 15 is 0 Å². The number of rotatable bonds is 2. The molecule has 0 aliphatic carbocycles. The van der Waals surface area contributed by atoms with Gasteiger partial charge in [-0.3, -0.25) is 20.2 Å². The molecular weight excluding hydrogens is 284 g/mol. The Hall–Kier alpha value is -2.76. The van der Waals surface area contributed by atoms with Crippen LogP contribution in [-0.2, 0) is 0 Å². The molecule has 0 N–H and O–H groups in total. The van der Waals surface area contributed by atoms with Crippen LogP contribution >= 0.6 is 0 Å². The molecule has 0 aliphatic heterocycles. The summed E-state index contributed by atoms with van der Waals surface area (Å²) in [6.45, 7) is 7.65. The molecule has 2 aromatic carbocycles. The Labute approximate surface area is 129 Å². The first kappa shape index (κ1) is 19.2. The minimum absolute atomic E-state index is 0.153. The number of non-ortho nitro benzene ring substituents is 2. The fraction of sp³-hybridized carbons (Fsp3) is 0.250. The van der Waals surface area contributed by atoms with E-state index in [1.807, 2.05) is 39.8 Å².